The van der Waals surface area contributed by atoms with Gasteiger partial charge in [0.1, 0.15) is 12.2 Å². The fourth-order valence-corrected chi connectivity index (χ4v) is 7.33. The first-order chi connectivity index (χ1) is 16.6. The summed E-state index contributed by atoms with van der Waals surface area (Å²) < 4.78 is 11.8. The third kappa shape index (κ3) is 5.50. The first-order valence-electron chi connectivity index (χ1n) is 13.8. The van der Waals surface area contributed by atoms with Crippen LogP contribution in [0.25, 0.3) is 0 Å². The SMILES string of the molecule is O=C(OC1CCC2CCCCC2C1)c1cc(CO)cc(C(=O)OC2CCC3CCCCC3C2)c1. The predicted octanol–water partition coefficient (Wildman–Crippen LogP) is 6.21. The third-order valence-electron chi connectivity index (χ3n) is 9.18. The Labute approximate surface area is 203 Å². The molecule has 4 aliphatic rings. The Bertz CT molecular complexity index is 813. The first-order valence-corrected chi connectivity index (χ1v) is 13.8. The van der Waals surface area contributed by atoms with Crippen LogP contribution in [-0.2, 0) is 16.1 Å². The molecule has 6 atom stereocenters. The molecule has 5 nitrogen and oxygen atoms in total. The van der Waals surface area contributed by atoms with Gasteiger partial charge >= 0.3 is 11.9 Å². The van der Waals surface area contributed by atoms with Gasteiger partial charge in [0.2, 0.25) is 0 Å². The van der Waals surface area contributed by atoms with Gasteiger partial charge in [-0.1, -0.05) is 51.4 Å². The lowest BCUT2D eigenvalue weighted by atomic mass is 9.70. The number of aliphatic hydroxyl groups is 1. The van der Waals surface area contributed by atoms with Crippen LogP contribution in [0.15, 0.2) is 18.2 Å². The predicted molar refractivity (Wildman–Crippen MR) is 129 cm³/mol. The maximum atomic E-state index is 13.0. The molecule has 0 amide bonds. The Hall–Kier alpha value is -1.88. The lowest BCUT2D eigenvalue weighted by Gasteiger charge is -2.39. The molecule has 0 bridgehead atoms. The molecule has 1 N–H and O–H groups in total. The summed E-state index contributed by atoms with van der Waals surface area (Å²) >= 11 is 0. The lowest BCUT2D eigenvalue weighted by molar-refractivity contribution is -0.00108. The van der Waals surface area contributed by atoms with E-state index >= 15 is 0 Å². The van der Waals surface area contributed by atoms with Crippen molar-refractivity contribution >= 4 is 11.9 Å². The molecule has 0 spiro atoms. The minimum Gasteiger partial charge on any atom is -0.459 e. The monoisotopic (exact) mass is 468 g/mol. The van der Waals surface area contributed by atoms with Gasteiger partial charge in [0.25, 0.3) is 0 Å². The fourth-order valence-electron chi connectivity index (χ4n) is 7.33. The van der Waals surface area contributed by atoms with Crippen molar-refractivity contribution in [3.8, 4) is 0 Å². The van der Waals surface area contributed by atoms with Crippen molar-refractivity contribution in [3.63, 3.8) is 0 Å². The van der Waals surface area contributed by atoms with Crippen molar-refractivity contribution in [2.45, 2.75) is 109 Å². The van der Waals surface area contributed by atoms with Crippen LogP contribution in [0.1, 0.15) is 116 Å². The minimum absolute atomic E-state index is 0.0503. The number of carbonyl (C=O) groups excluding carboxylic acids is 2. The minimum atomic E-state index is -0.397. The van der Waals surface area contributed by atoms with E-state index in [1.165, 1.54) is 51.4 Å². The van der Waals surface area contributed by atoms with Crippen LogP contribution < -0.4 is 0 Å². The Morgan fingerprint density at radius 3 is 1.53 bits per heavy atom. The largest absolute Gasteiger partial charge is 0.459 e. The van der Waals surface area contributed by atoms with Crippen molar-refractivity contribution in [2.75, 3.05) is 0 Å². The Kier molecular flexibility index (Phi) is 7.58. The van der Waals surface area contributed by atoms with Gasteiger partial charge in [0, 0.05) is 0 Å². The summed E-state index contributed by atoms with van der Waals surface area (Å²) in [6.45, 7) is -0.234. The zero-order chi connectivity index (χ0) is 23.5. The van der Waals surface area contributed by atoms with E-state index in [1.54, 1.807) is 18.2 Å². The number of rotatable bonds is 5. The summed E-state index contributed by atoms with van der Waals surface area (Å²) in [4.78, 5) is 26.0. The van der Waals surface area contributed by atoms with E-state index in [0.29, 0.717) is 28.5 Å². The first kappa shape index (κ1) is 23.8. The molecule has 0 saturated heterocycles. The third-order valence-corrected chi connectivity index (χ3v) is 9.18. The number of aliphatic hydroxyl groups excluding tert-OH is 1. The maximum Gasteiger partial charge on any atom is 0.338 e. The molecule has 4 saturated carbocycles. The van der Waals surface area contributed by atoms with Crippen LogP contribution in [0.3, 0.4) is 0 Å². The Morgan fingerprint density at radius 2 is 1.09 bits per heavy atom. The standard InChI is InChI=1S/C29H40O5/c30-18-19-13-24(28(31)33-26-11-9-20-5-1-3-7-22(20)16-26)15-25(14-19)29(32)34-27-12-10-21-6-2-4-8-23(21)17-27/h13-15,20-23,26-27,30H,1-12,16-18H2. The number of ether oxygens (including phenoxy) is 2. The highest BCUT2D eigenvalue weighted by Gasteiger charge is 2.35. The highest BCUT2D eigenvalue weighted by molar-refractivity contribution is 5.95. The highest BCUT2D eigenvalue weighted by atomic mass is 16.5. The van der Waals surface area contributed by atoms with Gasteiger partial charge in [0.15, 0.2) is 0 Å². The second kappa shape index (κ2) is 10.8. The summed E-state index contributed by atoms with van der Waals surface area (Å²) in [7, 11) is 0. The molecule has 0 radical (unpaired) electrons. The lowest BCUT2D eigenvalue weighted by Crippen LogP contribution is -2.33. The number of hydrogen-bond acceptors (Lipinski definition) is 5. The molecule has 0 aromatic heterocycles. The topological polar surface area (TPSA) is 72.8 Å². The number of esters is 2. The highest BCUT2D eigenvalue weighted by Crippen LogP contribution is 2.42. The second-order valence-corrected chi connectivity index (χ2v) is 11.4. The molecule has 4 aliphatic carbocycles. The average Bonchev–Trinajstić information content (AvgIpc) is 2.88. The maximum absolute atomic E-state index is 13.0. The van der Waals surface area contributed by atoms with Crippen molar-refractivity contribution in [3.05, 3.63) is 34.9 Å². The Morgan fingerprint density at radius 1 is 0.647 bits per heavy atom. The molecule has 5 rings (SSSR count). The normalized spacial score (nSPS) is 33.3. The fraction of sp³-hybridized carbons (Fsp3) is 0.724. The molecule has 34 heavy (non-hydrogen) atoms. The van der Waals surface area contributed by atoms with Crippen molar-refractivity contribution < 1.29 is 24.2 Å². The molecule has 6 unspecified atom stereocenters. The summed E-state index contributed by atoms with van der Waals surface area (Å²) in [5, 5.41) is 9.75. The molecular formula is C29H40O5. The number of fused-ring (bicyclic) bond motifs is 2. The van der Waals surface area contributed by atoms with Crippen LogP contribution in [0, 0.1) is 23.7 Å². The van der Waals surface area contributed by atoms with Crippen LogP contribution >= 0.6 is 0 Å². The molecule has 186 valence electrons. The molecular weight excluding hydrogens is 428 g/mol. The van der Waals surface area contributed by atoms with Gasteiger partial charge in [0.05, 0.1) is 17.7 Å². The van der Waals surface area contributed by atoms with Crippen LogP contribution in [0.5, 0.6) is 0 Å². The summed E-state index contributed by atoms with van der Waals surface area (Å²) in [6.07, 6.45) is 16.3. The van der Waals surface area contributed by atoms with E-state index in [4.69, 9.17) is 9.47 Å². The summed E-state index contributed by atoms with van der Waals surface area (Å²) in [6, 6.07) is 4.86. The van der Waals surface area contributed by atoms with Crippen LogP contribution in [0.2, 0.25) is 0 Å². The second-order valence-electron chi connectivity index (χ2n) is 11.4. The Balaban J connectivity index is 1.22. The molecule has 1 aromatic rings. The van der Waals surface area contributed by atoms with Gasteiger partial charge in [-0.05, 0) is 86.0 Å². The van der Waals surface area contributed by atoms with Crippen molar-refractivity contribution in [1.82, 2.24) is 0 Å². The van der Waals surface area contributed by atoms with Crippen LogP contribution in [0.4, 0.5) is 0 Å². The summed E-state index contributed by atoms with van der Waals surface area (Å²) in [5.41, 5.74) is 1.20. The van der Waals surface area contributed by atoms with Gasteiger partial charge in [-0.2, -0.15) is 0 Å². The number of hydrogen-bond donors (Lipinski definition) is 1. The van der Waals surface area contributed by atoms with Crippen LogP contribution in [-0.4, -0.2) is 29.3 Å². The zero-order valence-corrected chi connectivity index (χ0v) is 20.4. The van der Waals surface area contributed by atoms with E-state index < -0.39 is 11.9 Å². The molecule has 4 fully saturated rings. The smallest absolute Gasteiger partial charge is 0.338 e. The average molecular weight is 469 g/mol. The summed E-state index contributed by atoms with van der Waals surface area (Å²) in [5.74, 6) is 2.15. The van der Waals surface area contributed by atoms with Gasteiger partial charge in [-0.15, -0.1) is 0 Å². The van der Waals surface area contributed by atoms with Gasteiger partial charge in [-0.3, -0.25) is 0 Å². The van der Waals surface area contributed by atoms with E-state index in [1.807, 2.05) is 0 Å². The quantitative estimate of drug-likeness (QED) is 0.520. The van der Waals surface area contributed by atoms with E-state index in [9.17, 15) is 14.7 Å². The molecule has 5 heteroatoms. The number of benzene rings is 1. The molecule has 1 aromatic carbocycles. The van der Waals surface area contributed by atoms with Crippen molar-refractivity contribution in [1.29, 1.82) is 0 Å². The molecule has 0 aliphatic heterocycles. The van der Waals surface area contributed by atoms with Crippen molar-refractivity contribution in [2.24, 2.45) is 23.7 Å². The van der Waals surface area contributed by atoms with Gasteiger partial charge in [-0.25, -0.2) is 9.59 Å². The van der Waals surface area contributed by atoms with E-state index in [2.05, 4.69) is 0 Å². The number of carbonyl (C=O) groups is 2. The van der Waals surface area contributed by atoms with E-state index in [0.717, 1.165) is 50.4 Å². The van der Waals surface area contributed by atoms with Gasteiger partial charge < -0.3 is 14.6 Å². The zero-order valence-electron chi connectivity index (χ0n) is 20.4. The van der Waals surface area contributed by atoms with E-state index in [-0.39, 0.29) is 18.8 Å². The molecule has 0 heterocycles.